The first kappa shape index (κ1) is 19.1. The van der Waals surface area contributed by atoms with Crippen molar-refractivity contribution in [1.29, 1.82) is 0 Å². The summed E-state index contributed by atoms with van der Waals surface area (Å²) in [4.78, 5) is 10.5. The van der Waals surface area contributed by atoms with Crippen LogP contribution in [0.1, 0.15) is 20.8 Å². The Bertz CT molecular complexity index is 687. The van der Waals surface area contributed by atoms with Gasteiger partial charge in [-0.1, -0.05) is 0 Å². The fraction of sp³-hybridized carbons (Fsp3) is 0.462. The van der Waals surface area contributed by atoms with Gasteiger partial charge in [0.1, 0.15) is 10.5 Å². The highest BCUT2D eigenvalue weighted by molar-refractivity contribution is 7.89. The summed E-state index contributed by atoms with van der Waals surface area (Å²) < 4.78 is 57.6. The van der Waals surface area contributed by atoms with E-state index in [1.54, 1.807) is 20.8 Å². The molecule has 0 bridgehead atoms. The van der Waals surface area contributed by atoms with Crippen LogP contribution in [0.4, 0.5) is 19.3 Å². The fourth-order valence-electron chi connectivity index (χ4n) is 1.52. The van der Waals surface area contributed by atoms with E-state index in [0.29, 0.717) is 6.07 Å². The molecule has 0 saturated carbocycles. The maximum absolute atomic E-state index is 13.6. The van der Waals surface area contributed by atoms with E-state index in [0.717, 1.165) is 6.07 Å². The van der Waals surface area contributed by atoms with Gasteiger partial charge in [-0.15, -0.1) is 0 Å². The quantitative estimate of drug-likeness (QED) is 0.548. The number of hydrogen-bond donors (Lipinski definition) is 3. The third-order valence-electron chi connectivity index (χ3n) is 2.39. The molecule has 1 aromatic rings. The van der Waals surface area contributed by atoms with Gasteiger partial charge < -0.3 is 15.8 Å². The van der Waals surface area contributed by atoms with Gasteiger partial charge in [-0.2, -0.15) is 0 Å². The minimum Gasteiger partial charge on any atom is -0.444 e. The van der Waals surface area contributed by atoms with Crippen LogP contribution < -0.4 is 15.8 Å². The number of sulfonamides is 1. The van der Waals surface area contributed by atoms with E-state index in [4.69, 9.17) is 10.5 Å². The Morgan fingerprint density at radius 1 is 1.26 bits per heavy atom. The first-order valence-electron chi connectivity index (χ1n) is 6.63. The van der Waals surface area contributed by atoms with E-state index in [-0.39, 0.29) is 18.8 Å². The summed E-state index contributed by atoms with van der Waals surface area (Å²) in [6.07, 6.45) is -0.724. The Morgan fingerprint density at radius 3 is 2.43 bits per heavy atom. The third kappa shape index (κ3) is 5.99. The lowest BCUT2D eigenvalue weighted by Crippen LogP contribution is -2.38. The summed E-state index contributed by atoms with van der Waals surface area (Å²) in [5.41, 5.74) is 4.39. The van der Waals surface area contributed by atoms with E-state index in [2.05, 4.69) is 5.32 Å². The smallest absolute Gasteiger partial charge is 0.407 e. The van der Waals surface area contributed by atoms with Crippen molar-refractivity contribution < 1.29 is 26.7 Å². The molecule has 0 heterocycles. The predicted octanol–water partition coefficient (Wildman–Crippen LogP) is 1.35. The van der Waals surface area contributed by atoms with E-state index in [1.165, 1.54) is 0 Å². The van der Waals surface area contributed by atoms with Gasteiger partial charge in [0.15, 0.2) is 11.6 Å². The maximum Gasteiger partial charge on any atom is 0.407 e. The van der Waals surface area contributed by atoms with E-state index >= 15 is 0 Å². The number of nitrogens with two attached hydrogens (primary N) is 1. The van der Waals surface area contributed by atoms with Gasteiger partial charge in [0.2, 0.25) is 10.0 Å². The van der Waals surface area contributed by atoms with Crippen LogP contribution in [0.15, 0.2) is 17.0 Å². The summed E-state index contributed by atoms with van der Waals surface area (Å²) in [6, 6.07) is 1.49. The largest absolute Gasteiger partial charge is 0.444 e. The molecule has 0 saturated heterocycles. The number of halogens is 2. The van der Waals surface area contributed by atoms with Gasteiger partial charge in [0, 0.05) is 18.8 Å². The summed E-state index contributed by atoms with van der Waals surface area (Å²) >= 11 is 0. The number of amides is 1. The highest BCUT2D eigenvalue weighted by atomic mass is 32.2. The van der Waals surface area contributed by atoms with Crippen molar-refractivity contribution in [1.82, 2.24) is 10.0 Å². The van der Waals surface area contributed by atoms with Crippen LogP contribution in [0.3, 0.4) is 0 Å². The van der Waals surface area contributed by atoms with Crippen molar-refractivity contribution in [2.45, 2.75) is 31.3 Å². The number of nitrogen functional groups attached to an aromatic ring is 1. The third-order valence-corrected chi connectivity index (χ3v) is 3.85. The number of rotatable bonds is 5. The molecule has 0 radical (unpaired) electrons. The molecule has 0 aromatic heterocycles. The van der Waals surface area contributed by atoms with Crippen LogP contribution in [0, 0.1) is 11.6 Å². The van der Waals surface area contributed by atoms with Crippen molar-refractivity contribution in [2.75, 3.05) is 18.8 Å². The Labute approximate surface area is 133 Å². The molecule has 0 unspecified atom stereocenters. The molecule has 23 heavy (non-hydrogen) atoms. The van der Waals surface area contributed by atoms with Crippen molar-refractivity contribution in [3.8, 4) is 0 Å². The summed E-state index contributed by atoms with van der Waals surface area (Å²) in [6.45, 7) is 4.68. The van der Waals surface area contributed by atoms with Crippen LogP contribution >= 0.6 is 0 Å². The van der Waals surface area contributed by atoms with Crippen LogP contribution in [0.2, 0.25) is 0 Å². The van der Waals surface area contributed by atoms with Crippen molar-refractivity contribution in [3.05, 3.63) is 23.8 Å². The lowest BCUT2D eigenvalue weighted by molar-refractivity contribution is 0.0529. The Morgan fingerprint density at radius 2 is 1.87 bits per heavy atom. The fourth-order valence-corrected chi connectivity index (χ4v) is 2.67. The van der Waals surface area contributed by atoms with Gasteiger partial charge in [-0.3, -0.25) is 0 Å². The number of carbonyl (C=O) groups excluding carboxylic acids is 1. The van der Waals surface area contributed by atoms with E-state index < -0.39 is 38.2 Å². The molecule has 130 valence electrons. The van der Waals surface area contributed by atoms with Crippen LogP contribution in [0.25, 0.3) is 0 Å². The second-order valence-corrected chi connectivity index (χ2v) is 7.38. The first-order valence-corrected chi connectivity index (χ1v) is 8.12. The summed E-state index contributed by atoms with van der Waals surface area (Å²) in [5.74, 6) is -2.89. The minimum absolute atomic E-state index is 0.0967. The number of anilines is 1. The molecule has 0 atom stereocenters. The highest BCUT2D eigenvalue weighted by Gasteiger charge is 2.22. The molecule has 10 heteroatoms. The Kier molecular flexibility index (Phi) is 5.89. The molecule has 0 aliphatic heterocycles. The number of alkyl carbamates (subject to hydrolysis) is 1. The van der Waals surface area contributed by atoms with Gasteiger partial charge in [-0.05, 0) is 32.9 Å². The molecular formula is C13H19F2N3O4S. The normalized spacial score (nSPS) is 12.0. The van der Waals surface area contributed by atoms with E-state index in [9.17, 15) is 22.0 Å². The van der Waals surface area contributed by atoms with Crippen LogP contribution in [0.5, 0.6) is 0 Å². The zero-order valence-electron chi connectivity index (χ0n) is 12.9. The predicted molar refractivity (Wildman–Crippen MR) is 80.2 cm³/mol. The second-order valence-electron chi connectivity index (χ2n) is 5.64. The molecule has 1 aromatic carbocycles. The first-order chi connectivity index (χ1) is 10.4. The number of nitrogens with one attached hydrogen (secondary N) is 2. The molecule has 4 N–H and O–H groups in total. The van der Waals surface area contributed by atoms with Crippen molar-refractivity contribution in [2.24, 2.45) is 0 Å². The molecule has 1 rings (SSSR count). The number of ether oxygens (including phenoxy) is 1. The van der Waals surface area contributed by atoms with Crippen LogP contribution in [-0.4, -0.2) is 33.2 Å². The zero-order chi connectivity index (χ0) is 17.8. The molecule has 1 amide bonds. The van der Waals surface area contributed by atoms with Gasteiger partial charge in [-0.25, -0.2) is 26.7 Å². The molecule has 0 aliphatic rings. The van der Waals surface area contributed by atoms with Gasteiger partial charge in [0.25, 0.3) is 0 Å². The zero-order valence-corrected chi connectivity index (χ0v) is 13.8. The van der Waals surface area contributed by atoms with E-state index in [1.807, 2.05) is 4.72 Å². The average Bonchev–Trinajstić information content (AvgIpc) is 2.37. The standard InChI is InChI=1S/C13H19F2N3O4S/c1-13(2,3)22-12(19)17-4-5-18-23(20,21)10-7-8(16)6-9(14)11(10)15/h6-7,18H,4-5,16H2,1-3H3,(H,17,19). The molecule has 0 spiro atoms. The highest BCUT2D eigenvalue weighted by Crippen LogP contribution is 2.20. The number of benzene rings is 1. The minimum atomic E-state index is -4.31. The Hall–Kier alpha value is -1.94. The molecule has 0 aliphatic carbocycles. The number of hydrogen-bond acceptors (Lipinski definition) is 5. The summed E-state index contributed by atoms with van der Waals surface area (Å²) in [7, 11) is -4.31. The lowest BCUT2D eigenvalue weighted by atomic mass is 10.2. The molecule has 7 nitrogen and oxygen atoms in total. The lowest BCUT2D eigenvalue weighted by Gasteiger charge is -2.19. The molecule has 0 fully saturated rings. The van der Waals surface area contributed by atoms with Crippen LogP contribution in [-0.2, 0) is 14.8 Å². The monoisotopic (exact) mass is 351 g/mol. The van der Waals surface area contributed by atoms with Crippen molar-refractivity contribution >= 4 is 21.8 Å². The van der Waals surface area contributed by atoms with Gasteiger partial charge in [0.05, 0.1) is 0 Å². The topological polar surface area (TPSA) is 111 Å². The Balaban J connectivity index is 2.63. The number of carbonyl (C=O) groups is 1. The molecular weight excluding hydrogens is 332 g/mol. The van der Waals surface area contributed by atoms with Gasteiger partial charge >= 0.3 is 6.09 Å². The summed E-state index contributed by atoms with van der Waals surface area (Å²) in [5, 5.41) is 2.32. The second kappa shape index (κ2) is 7.09. The van der Waals surface area contributed by atoms with Crippen molar-refractivity contribution in [3.63, 3.8) is 0 Å². The average molecular weight is 351 g/mol. The maximum atomic E-state index is 13.6. The SMILES string of the molecule is CC(C)(C)OC(=O)NCCNS(=O)(=O)c1cc(N)cc(F)c1F.